The SMILES string of the molecule is CC/C=C\C[C@H](O)/C=C/C=C\C/C=C\C=C\[C@H](O)/C=C\CCCC(=O)O[C@H](COC(=O)CCCCCCC/C=C\CCCCCCCC)COP(=O)(O)OC[C@@H](O)CO. The first-order chi connectivity index (χ1) is 28.5. The molecule has 0 aromatic rings. The van der Waals surface area contributed by atoms with E-state index in [1.807, 2.05) is 49.5 Å². The predicted molar refractivity (Wildman–Crippen MR) is 235 cm³/mol. The molecule has 0 aromatic heterocycles. The van der Waals surface area contributed by atoms with Gasteiger partial charge in [0, 0.05) is 12.8 Å². The Morgan fingerprint density at radius 1 is 0.610 bits per heavy atom. The van der Waals surface area contributed by atoms with Crippen molar-refractivity contribution in [2.24, 2.45) is 0 Å². The molecular formula is C46H77O12P. The van der Waals surface area contributed by atoms with Gasteiger partial charge in [-0.15, -0.1) is 0 Å². The van der Waals surface area contributed by atoms with Crippen LogP contribution in [0.3, 0.4) is 0 Å². The molecule has 0 aliphatic heterocycles. The topological polar surface area (TPSA) is 189 Å². The number of aliphatic hydroxyl groups is 4. The number of rotatable bonds is 39. The lowest BCUT2D eigenvalue weighted by molar-refractivity contribution is -0.161. The molecule has 0 saturated heterocycles. The number of carbonyl (C=O) groups excluding carboxylic acids is 2. The maximum absolute atomic E-state index is 12.6. The molecule has 0 heterocycles. The van der Waals surface area contributed by atoms with Gasteiger partial charge >= 0.3 is 19.8 Å². The van der Waals surface area contributed by atoms with Gasteiger partial charge < -0.3 is 34.8 Å². The van der Waals surface area contributed by atoms with Crippen LogP contribution in [-0.2, 0) is 32.7 Å². The smallest absolute Gasteiger partial charge is 0.462 e. The fourth-order valence-corrected chi connectivity index (χ4v) is 6.10. The molecule has 1 unspecified atom stereocenters. The minimum absolute atomic E-state index is 0.00801. The number of esters is 2. The first-order valence-corrected chi connectivity index (χ1v) is 23.3. The summed E-state index contributed by atoms with van der Waals surface area (Å²) >= 11 is 0. The first-order valence-electron chi connectivity index (χ1n) is 21.8. The number of aliphatic hydroxyl groups excluding tert-OH is 4. The molecule has 59 heavy (non-hydrogen) atoms. The van der Waals surface area contributed by atoms with Crippen LogP contribution in [0.4, 0.5) is 0 Å². The van der Waals surface area contributed by atoms with Crippen LogP contribution in [0.1, 0.15) is 142 Å². The first kappa shape index (κ1) is 56.1. The van der Waals surface area contributed by atoms with Crippen molar-refractivity contribution in [1.29, 1.82) is 0 Å². The lowest BCUT2D eigenvalue weighted by Crippen LogP contribution is -2.29. The van der Waals surface area contributed by atoms with Gasteiger partial charge in [-0.1, -0.05) is 150 Å². The second-order valence-corrected chi connectivity index (χ2v) is 15.8. The number of unbranched alkanes of at least 4 members (excludes halogenated alkanes) is 12. The van der Waals surface area contributed by atoms with Crippen molar-refractivity contribution < 1.29 is 58.0 Å². The number of hydrogen-bond donors (Lipinski definition) is 5. The highest BCUT2D eigenvalue weighted by molar-refractivity contribution is 7.47. The van der Waals surface area contributed by atoms with Crippen LogP contribution in [0.15, 0.2) is 85.1 Å². The molecule has 13 heteroatoms. The van der Waals surface area contributed by atoms with Crippen LogP contribution in [0, 0.1) is 0 Å². The molecule has 0 rings (SSSR count). The molecule has 0 spiro atoms. The maximum atomic E-state index is 12.6. The van der Waals surface area contributed by atoms with Gasteiger partial charge in [-0.25, -0.2) is 4.57 Å². The lowest BCUT2D eigenvalue weighted by Gasteiger charge is -2.20. The zero-order chi connectivity index (χ0) is 43.7. The molecule has 0 fully saturated rings. The van der Waals surface area contributed by atoms with E-state index >= 15 is 0 Å². The zero-order valence-corrected chi connectivity index (χ0v) is 36.8. The fraction of sp³-hybridized carbons (Fsp3) is 0.652. The molecule has 0 aliphatic rings. The molecular weight excluding hydrogens is 775 g/mol. The molecule has 0 bridgehead atoms. The van der Waals surface area contributed by atoms with Crippen molar-refractivity contribution in [3.8, 4) is 0 Å². The zero-order valence-electron chi connectivity index (χ0n) is 35.9. The van der Waals surface area contributed by atoms with E-state index in [4.69, 9.17) is 19.1 Å². The molecule has 338 valence electrons. The van der Waals surface area contributed by atoms with Gasteiger partial charge in [0.2, 0.25) is 0 Å². The summed E-state index contributed by atoms with van der Waals surface area (Å²) in [6, 6.07) is 0. The van der Waals surface area contributed by atoms with Crippen LogP contribution >= 0.6 is 7.82 Å². The van der Waals surface area contributed by atoms with E-state index in [1.54, 1.807) is 30.4 Å². The number of carbonyl (C=O) groups is 2. The van der Waals surface area contributed by atoms with Crippen LogP contribution in [0.2, 0.25) is 0 Å². The van der Waals surface area contributed by atoms with Crippen molar-refractivity contribution >= 4 is 19.8 Å². The van der Waals surface area contributed by atoms with Gasteiger partial charge in [-0.2, -0.15) is 0 Å². The van der Waals surface area contributed by atoms with E-state index in [0.717, 1.165) is 44.9 Å². The van der Waals surface area contributed by atoms with Crippen molar-refractivity contribution in [3.63, 3.8) is 0 Å². The number of hydrogen-bond acceptors (Lipinski definition) is 11. The molecule has 12 nitrogen and oxygen atoms in total. The average molecular weight is 853 g/mol. The normalized spacial score (nSPS) is 15.7. The van der Waals surface area contributed by atoms with Gasteiger partial charge in [0.25, 0.3) is 0 Å². The standard InChI is InChI=1S/C46H77O12P/c1-3-5-7-8-9-10-11-12-13-14-15-16-20-23-29-35-45(51)55-39-44(40-57-59(53,54)56-38-43(50)37-47)58-46(52)36-30-24-28-34-42(49)33-27-22-19-17-18-21-26-32-41(48)31-25-6-4-2/h6,12-13,18-19,21-22,25-28,32-34,41-44,47-50H,3-5,7-11,14-17,20,23-24,29-31,35-40H2,1-2H3,(H,53,54)/b13-12-,21-18-,22-19-,25-6-,32-26+,33-27+,34-28-/t41-,42-,43-,44+/m0/s1. The van der Waals surface area contributed by atoms with Crippen molar-refractivity contribution in [2.45, 2.75) is 167 Å². The second-order valence-electron chi connectivity index (χ2n) is 14.4. The second kappa shape index (κ2) is 40.5. The van der Waals surface area contributed by atoms with E-state index in [1.165, 1.54) is 38.5 Å². The summed E-state index contributed by atoms with van der Waals surface area (Å²) in [7, 11) is -4.68. The highest BCUT2D eigenvalue weighted by Gasteiger charge is 2.27. The monoisotopic (exact) mass is 853 g/mol. The summed E-state index contributed by atoms with van der Waals surface area (Å²) < 4.78 is 32.5. The van der Waals surface area contributed by atoms with Crippen LogP contribution < -0.4 is 0 Å². The highest BCUT2D eigenvalue weighted by atomic mass is 31.2. The quantitative estimate of drug-likeness (QED) is 0.0130. The van der Waals surface area contributed by atoms with E-state index in [2.05, 4.69) is 23.6 Å². The lowest BCUT2D eigenvalue weighted by atomic mass is 10.1. The van der Waals surface area contributed by atoms with E-state index in [9.17, 15) is 34.4 Å². The van der Waals surface area contributed by atoms with Gasteiger partial charge in [0.05, 0.1) is 32.0 Å². The summed E-state index contributed by atoms with van der Waals surface area (Å²) in [5, 5.41) is 38.3. The summed E-state index contributed by atoms with van der Waals surface area (Å²) in [6.45, 7) is 1.93. The van der Waals surface area contributed by atoms with Crippen molar-refractivity contribution in [1.82, 2.24) is 0 Å². The number of phosphoric acid groups is 1. The Kier molecular flexibility index (Phi) is 38.5. The number of ether oxygens (including phenoxy) is 2. The Hall–Kier alpha value is -2.93. The Labute approximate surface area is 355 Å². The highest BCUT2D eigenvalue weighted by Crippen LogP contribution is 2.43. The van der Waals surface area contributed by atoms with E-state index in [-0.39, 0.29) is 12.8 Å². The summed E-state index contributed by atoms with van der Waals surface area (Å²) in [4.78, 5) is 35.0. The van der Waals surface area contributed by atoms with Crippen LogP contribution in [-0.4, -0.2) is 88.1 Å². The summed E-state index contributed by atoms with van der Waals surface area (Å²) in [5.41, 5.74) is 0. The average Bonchev–Trinajstić information content (AvgIpc) is 3.21. The largest absolute Gasteiger partial charge is 0.472 e. The molecule has 0 aliphatic carbocycles. The molecule has 5 atom stereocenters. The molecule has 0 amide bonds. The summed E-state index contributed by atoms with van der Waals surface area (Å²) in [6.07, 6.45) is 40.5. The Bertz CT molecular complexity index is 1290. The maximum Gasteiger partial charge on any atom is 0.472 e. The third kappa shape index (κ3) is 40.3. The molecule has 5 N–H and O–H groups in total. The van der Waals surface area contributed by atoms with E-state index in [0.29, 0.717) is 32.1 Å². The Balaban J connectivity index is 4.59. The van der Waals surface area contributed by atoms with Crippen molar-refractivity contribution in [3.05, 3.63) is 85.1 Å². The Morgan fingerprint density at radius 3 is 1.86 bits per heavy atom. The fourth-order valence-electron chi connectivity index (χ4n) is 5.31. The van der Waals surface area contributed by atoms with Gasteiger partial charge in [-0.05, 0) is 64.2 Å². The van der Waals surface area contributed by atoms with Gasteiger partial charge in [0.15, 0.2) is 6.10 Å². The summed E-state index contributed by atoms with van der Waals surface area (Å²) in [5.74, 6) is -1.13. The minimum atomic E-state index is -4.68. The van der Waals surface area contributed by atoms with Gasteiger partial charge in [0.1, 0.15) is 12.7 Å². The minimum Gasteiger partial charge on any atom is -0.462 e. The Morgan fingerprint density at radius 2 is 1.20 bits per heavy atom. The van der Waals surface area contributed by atoms with Gasteiger partial charge in [-0.3, -0.25) is 18.6 Å². The predicted octanol–water partition coefficient (Wildman–Crippen LogP) is 9.39. The van der Waals surface area contributed by atoms with E-state index < -0.39 is 70.6 Å². The molecule has 0 aromatic carbocycles. The number of phosphoric ester groups is 1. The van der Waals surface area contributed by atoms with Crippen LogP contribution in [0.25, 0.3) is 0 Å². The third-order valence-corrected chi connectivity index (χ3v) is 9.66. The molecule has 0 radical (unpaired) electrons. The third-order valence-electron chi connectivity index (χ3n) is 8.71. The molecule has 0 saturated carbocycles. The number of allylic oxidation sites excluding steroid dienone is 10. The van der Waals surface area contributed by atoms with Crippen molar-refractivity contribution in [2.75, 3.05) is 26.4 Å². The van der Waals surface area contributed by atoms with Crippen LogP contribution in [0.5, 0.6) is 0 Å².